The van der Waals surface area contributed by atoms with E-state index in [1.807, 2.05) is 6.92 Å². The molecule has 1 unspecified atom stereocenters. The number of hydrogen-bond donors (Lipinski definition) is 0. The van der Waals surface area contributed by atoms with E-state index in [1.54, 1.807) is 0 Å². The van der Waals surface area contributed by atoms with Crippen molar-refractivity contribution in [3.05, 3.63) is 34.9 Å². The molecular weight excluding hydrogens is 410 g/mol. The predicted octanol–water partition coefficient (Wildman–Crippen LogP) is 9.17. The van der Waals surface area contributed by atoms with Crippen LogP contribution in [-0.2, 0) is 17.3 Å². The van der Waals surface area contributed by atoms with Gasteiger partial charge in [0.1, 0.15) is 0 Å². The van der Waals surface area contributed by atoms with Crippen LogP contribution in [0.4, 0.5) is 0 Å². The fourth-order valence-corrected chi connectivity index (χ4v) is 5.33. The highest BCUT2D eigenvalue weighted by molar-refractivity contribution is 5.38. The average Bonchev–Trinajstić information content (AvgIpc) is 2.70. The van der Waals surface area contributed by atoms with Crippen LogP contribution in [0.15, 0.2) is 18.2 Å². The molecule has 0 aromatic heterocycles. The minimum atomic E-state index is 0.189. The molecule has 0 amide bonds. The SMILES string of the molecule is CC#CC(CC)Cc1cc(C(C)(C)C)cc(C(C)(C)C)c1.CCC1CC(C)(C)N(C)C(C)(C)C1. The van der Waals surface area contributed by atoms with E-state index < -0.39 is 0 Å². The van der Waals surface area contributed by atoms with E-state index in [0.717, 1.165) is 18.8 Å². The lowest BCUT2D eigenvalue weighted by molar-refractivity contribution is -0.0305. The van der Waals surface area contributed by atoms with Crippen LogP contribution in [0.25, 0.3) is 0 Å². The second kappa shape index (κ2) is 11.6. The van der Waals surface area contributed by atoms with Gasteiger partial charge in [0.25, 0.3) is 0 Å². The Bertz CT molecular complexity index is 782. The molecule has 194 valence electrons. The van der Waals surface area contributed by atoms with Gasteiger partial charge in [-0.05, 0) is 101 Å². The molecule has 0 aliphatic carbocycles. The topological polar surface area (TPSA) is 3.24 Å². The van der Waals surface area contributed by atoms with E-state index in [-0.39, 0.29) is 10.8 Å². The molecule has 1 fully saturated rings. The molecule has 1 heteroatoms. The first kappa shape index (κ1) is 30.8. The lowest BCUT2D eigenvalue weighted by Gasteiger charge is -2.53. The maximum absolute atomic E-state index is 3.35. The van der Waals surface area contributed by atoms with Gasteiger partial charge in [-0.25, -0.2) is 0 Å². The van der Waals surface area contributed by atoms with Crippen molar-refractivity contribution in [3.8, 4) is 11.8 Å². The Balaban J connectivity index is 0.000000380. The van der Waals surface area contributed by atoms with Gasteiger partial charge in [0.05, 0.1) is 0 Å². The molecule has 1 aliphatic heterocycles. The minimum Gasteiger partial charge on any atom is -0.296 e. The lowest BCUT2D eigenvalue weighted by atomic mass is 9.73. The van der Waals surface area contributed by atoms with Crippen LogP contribution in [0.3, 0.4) is 0 Å². The van der Waals surface area contributed by atoms with Crippen molar-refractivity contribution in [2.24, 2.45) is 11.8 Å². The number of hydrogen-bond acceptors (Lipinski definition) is 1. The van der Waals surface area contributed by atoms with Crippen molar-refractivity contribution < 1.29 is 0 Å². The van der Waals surface area contributed by atoms with Gasteiger partial charge in [0.2, 0.25) is 0 Å². The van der Waals surface area contributed by atoms with E-state index in [0.29, 0.717) is 17.0 Å². The average molecular weight is 468 g/mol. The van der Waals surface area contributed by atoms with Gasteiger partial charge >= 0.3 is 0 Å². The maximum atomic E-state index is 3.35. The standard InChI is InChI=1S/C21H32.C12H25N/c1-9-11-16(10-2)12-17-13-18(20(3,4)5)15-19(14-17)21(6,7)8;1-7-10-8-11(2,3)13(6)12(4,5)9-10/h13-16H,10,12H2,1-8H3;10H,7-9H2,1-6H3. The summed E-state index contributed by atoms with van der Waals surface area (Å²) >= 11 is 0. The summed E-state index contributed by atoms with van der Waals surface area (Å²) in [4.78, 5) is 2.55. The highest BCUT2D eigenvalue weighted by Crippen LogP contribution is 2.41. The third-order valence-electron chi connectivity index (χ3n) is 8.02. The fraction of sp³-hybridized carbons (Fsp3) is 0.758. The van der Waals surface area contributed by atoms with E-state index in [4.69, 9.17) is 0 Å². The molecule has 1 heterocycles. The molecule has 1 atom stereocenters. The molecule has 0 radical (unpaired) electrons. The quantitative estimate of drug-likeness (QED) is 0.399. The normalized spacial score (nSPS) is 19.5. The zero-order chi connectivity index (χ0) is 26.5. The molecular formula is C33H57N. The molecule has 1 nitrogen and oxygen atoms in total. The summed E-state index contributed by atoms with van der Waals surface area (Å²) in [6, 6.07) is 7.15. The third kappa shape index (κ3) is 8.75. The van der Waals surface area contributed by atoms with E-state index in [1.165, 1.54) is 36.0 Å². The smallest absolute Gasteiger partial charge is 0.0240 e. The molecule has 1 aromatic carbocycles. The van der Waals surface area contributed by atoms with Crippen molar-refractivity contribution in [1.82, 2.24) is 4.90 Å². The van der Waals surface area contributed by atoms with Crippen LogP contribution in [0.2, 0.25) is 0 Å². The second-order valence-electron chi connectivity index (χ2n) is 14.0. The summed E-state index contributed by atoms with van der Waals surface area (Å²) in [6.07, 6.45) is 6.21. The van der Waals surface area contributed by atoms with Gasteiger partial charge in [-0.15, -0.1) is 5.92 Å². The molecule has 0 bridgehead atoms. The number of nitrogens with zero attached hydrogens (tertiary/aromatic N) is 1. The van der Waals surface area contributed by atoms with Gasteiger partial charge < -0.3 is 0 Å². The Kier molecular flexibility index (Phi) is 10.5. The van der Waals surface area contributed by atoms with E-state index >= 15 is 0 Å². The van der Waals surface area contributed by atoms with Crippen LogP contribution in [0, 0.1) is 23.7 Å². The van der Waals surface area contributed by atoms with Crippen LogP contribution in [0.5, 0.6) is 0 Å². The number of likely N-dealkylation sites (tertiary alicyclic amines) is 1. The first-order valence-corrected chi connectivity index (χ1v) is 13.7. The van der Waals surface area contributed by atoms with E-state index in [2.05, 4.69) is 125 Å². The van der Waals surface area contributed by atoms with Crippen LogP contribution < -0.4 is 0 Å². The fourth-order valence-electron chi connectivity index (χ4n) is 5.33. The number of rotatable bonds is 4. The summed E-state index contributed by atoms with van der Waals surface area (Å²) in [7, 11) is 2.27. The first-order valence-electron chi connectivity index (χ1n) is 13.7. The zero-order valence-corrected chi connectivity index (χ0v) is 25.4. The summed E-state index contributed by atoms with van der Waals surface area (Å²) in [5, 5.41) is 0. The van der Waals surface area contributed by atoms with Crippen molar-refractivity contribution in [2.45, 2.75) is 144 Å². The molecule has 34 heavy (non-hydrogen) atoms. The molecule has 1 aliphatic rings. The molecule has 2 rings (SSSR count). The van der Waals surface area contributed by atoms with Gasteiger partial charge in [-0.3, -0.25) is 4.90 Å². The lowest BCUT2D eigenvalue weighted by Crippen LogP contribution is -2.58. The summed E-state index contributed by atoms with van der Waals surface area (Å²) in [6.45, 7) is 29.7. The Labute approximate surface area is 214 Å². The highest BCUT2D eigenvalue weighted by Gasteiger charge is 2.42. The largest absolute Gasteiger partial charge is 0.296 e. The third-order valence-corrected chi connectivity index (χ3v) is 8.02. The molecule has 0 saturated carbocycles. The maximum Gasteiger partial charge on any atom is 0.0240 e. The summed E-state index contributed by atoms with van der Waals surface area (Å²) < 4.78 is 0. The van der Waals surface area contributed by atoms with E-state index in [9.17, 15) is 0 Å². The first-order chi connectivity index (χ1) is 15.4. The summed E-state index contributed by atoms with van der Waals surface area (Å²) in [5.41, 5.74) is 5.43. The highest BCUT2D eigenvalue weighted by atomic mass is 15.2. The Hall–Kier alpha value is -1.26. The molecule has 0 N–H and O–H groups in total. The van der Waals surface area contributed by atoms with Crippen LogP contribution >= 0.6 is 0 Å². The second-order valence-corrected chi connectivity index (χ2v) is 14.0. The summed E-state index contributed by atoms with van der Waals surface area (Å²) in [5.74, 6) is 7.81. The van der Waals surface area contributed by atoms with Gasteiger partial charge in [-0.2, -0.15) is 0 Å². The Morgan fingerprint density at radius 2 is 1.32 bits per heavy atom. The number of piperidine rings is 1. The molecule has 1 saturated heterocycles. The van der Waals surface area contributed by atoms with Crippen molar-refractivity contribution in [2.75, 3.05) is 7.05 Å². The monoisotopic (exact) mass is 467 g/mol. The number of benzene rings is 1. The van der Waals surface area contributed by atoms with Gasteiger partial charge in [0, 0.05) is 17.0 Å². The Morgan fingerprint density at radius 1 is 0.882 bits per heavy atom. The Morgan fingerprint density at radius 3 is 1.65 bits per heavy atom. The van der Waals surface area contributed by atoms with Crippen LogP contribution in [0.1, 0.15) is 132 Å². The molecule has 1 aromatic rings. The van der Waals surface area contributed by atoms with Crippen LogP contribution in [-0.4, -0.2) is 23.0 Å². The van der Waals surface area contributed by atoms with Crippen molar-refractivity contribution in [1.29, 1.82) is 0 Å². The zero-order valence-electron chi connectivity index (χ0n) is 25.4. The molecule has 0 spiro atoms. The van der Waals surface area contributed by atoms with Gasteiger partial charge in [0.15, 0.2) is 0 Å². The van der Waals surface area contributed by atoms with Crippen molar-refractivity contribution >= 4 is 0 Å². The van der Waals surface area contributed by atoms with Gasteiger partial charge in [-0.1, -0.05) is 85.9 Å². The predicted molar refractivity (Wildman–Crippen MR) is 154 cm³/mol. The minimum absolute atomic E-state index is 0.189. The van der Waals surface area contributed by atoms with Crippen molar-refractivity contribution in [3.63, 3.8) is 0 Å².